The van der Waals surface area contributed by atoms with Gasteiger partial charge in [0.1, 0.15) is 5.76 Å². The van der Waals surface area contributed by atoms with Crippen molar-refractivity contribution in [2.45, 2.75) is 24.0 Å². The fourth-order valence-corrected chi connectivity index (χ4v) is 4.60. The fourth-order valence-electron chi connectivity index (χ4n) is 2.97. The Morgan fingerprint density at radius 1 is 1.07 bits per heavy atom. The van der Waals surface area contributed by atoms with Gasteiger partial charge in [0.2, 0.25) is 5.89 Å². The number of oxazole rings is 1. The number of benzene rings is 2. The van der Waals surface area contributed by atoms with E-state index in [1.165, 1.54) is 9.77 Å². The van der Waals surface area contributed by atoms with Gasteiger partial charge in [0.05, 0.1) is 5.69 Å². The molecule has 0 saturated heterocycles. The van der Waals surface area contributed by atoms with Gasteiger partial charge < -0.3 is 9.73 Å². The molecule has 1 amide bonds. The third-order valence-electron chi connectivity index (χ3n) is 4.64. The van der Waals surface area contributed by atoms with E-state index >= 15 is 0 Å². The normalized spacial score (nSPS) is 10.8. The highest BCUT2D eigenvalue weighted by Crippen LogP contribution is 2.27. The lowest BCUT2D eigenvalue weighted by Gasteiger charge is -2.05. The molecule has 152 valence electrons. The topological polar surface area (TPSA) is 55.1 Å². The molecule has 30 heavy (non-hydrogen) atoms. The van der Waals surface area contributed by atoms with Crippen LogP contribution in [0.2, 0.25) is 0 Å². The molecule has 4 nitrogen and oxygen atoms in total. The van der Waals surface area contributed by atoms with Crippen LogP contribution in [0, 0.1) is 6.92 Å². The summed E-state index contributed by atoms with van der Waals surface area (Å²) in [5.74, 6) is 2.09. The molecule has 6 heteroatoms. The standard InChI is InChI=1S/C24H22N2O2S2/c1-17-22(16-30-20-6-3-2-4-7-20)26-24(28-17)19-11-9-18(10-12-19)23(27)25-14-13-21-8-5-15-29-21/h2-12,15H,13-14,16H2,1H3,(H,25,27). The number of nitrogens with zero attached hydrogens (tertiary/aromatic N) is 1. The molecular weight excluding hydrogens is 412 g/mol. The highest BCUT2D eigenvalue weighted by Gasteiger charge is 2.13. The van der Waals surface area contributed by atoms with Gasteiger partial charge in [0, 0.05) is 33.2 Å². The number of hydrogen-bond donors (Lipinski definition) is 1. The van der Waals surface area contributed by atoms with E-state index in [2.05, 4.69) is 28.5 Å². The van der Waals surface area contributed by atoms with Crippen molar-refractivity contribution in [1.29, 1.82) is 0 Å². The number of thioether (sulfide) groups is 1. The fraction of sp³-hybridized carbons (Fsp3) is 0.167. The minimum absolute atomic E-state index is 0.0679. The molecular formula is C24H22N2O2S2. The second-order valence-corrected chi connectivity index (χ2v) is 8.87. The predicted molar refractivity (Wildman–Crippen MR) is 123 cm³/mol. The maximum atomic E-state index is 12.3. The molecule has 0 spiro atoms. The van der Waals surface area contributed by atoms with Gasteiger partial charge in [0.15, 0.2) is 0 Å². The maximum absolute atomic E-state index is 12.3. The quantitative estimate of drug-likeness (QED) is 0.347. The number of carbonyl (C=O) groups excluding carboxylic acids is 1. The molecule has 0 bridgehead atoms. The summed E-state index contributed by atoms with van der Waals surface area (Å²) in [4.78, 5) is 19.5. The van der Waals surface area contributed by atoms with Crippen molar-refractivity contribution in [2.75, 3.05) is 6.54 Å². The van der Waals surface area contributed by atoms with Crippen LogP contribution in [0.15, 0.2) is 81.4 Å². The largest absolute Gasteiger partial charge is 0.441 e. The van der Waals surface area contributed by atoms with Gasteiger partial charge in [-0.2, -0.15) is 0 Å². The molecule has 0 radical (unpaired) electrons. The average molecular weight is 435 g/mol. The van der Waals surface area contributed by atoms with Crippen molar-refractivity contribution in [2.24, 2.45) is 0 Å². The molecule has 0 aliphatic heterocycles. The minimum atomic E-state index is -0.0679. The number of rotatable bonds is 8. The summed E-state index contributed by atoms with van der Waals surface area (Å²) in [6.45, 7) is 2.56. The molecule has 2 aromatic carbocycles. The number of aryl methyl sites for hydroxylation is 1. The summed E-state index contributed by atoms with van der Waals surface area (Å²) in [5.41, 5.74) is 2.44. The summed E-state index contributed by atoms with van der Waals surface area (Å²) in [7, 11) is 0. The number of thiophene rings is 1. The first-order valence-electron chi connectivity index (χ1n) is 9.74. The van der Waals surface area contributed by atoms with Crippen LogP contribution in [0.1, 0.15) is 26.7 Å². The minimum Gasteiger partial charge on any atom is -0.441 e. The third-order valence-corrected chi connectivity index (χ3v) is 6.60. The van der Waals surface area contributed by atoms with Crippen LogP contribution in [0.3, 0.4) is 0 Å². The van der Waals surface area contributed by atoms with E-state index in [1.54, 1.807) is 23.1 Å². The molecule has 0 unspecified atom stereocenters. The summed E-state index contributed by atoms with van der Waals surface area (Å²) in [5, 5.41) is 5.02. The Bertz CT molecular complexity index is 1090. The SMILES string of the molecule is Cc1oc(-c2ccc(C(=O)NCCc3cccs3)cc2)nc1CSc1ccccc1. The van der Waals surface area contributed by atoms with E-state index in [0.717, 1.165) is 29.2 Å². The zero-order valence-electron chi connectivity index (χ0n) is 16.6. The average Bonchev–Trinajstić information content (AvgIpc) is 3.43. The summed E-state index contributed by atoms with van der Waals surface area (Å²) >= 11 is 3.44. The Hall–Kier alpha value is -2.83. The summed E-state index contributed by atoms with van der Waals surface area (Å²) in [6, 6.07) is 21.7. The predicted octanol–water partition coefficient (Wildman–Crippen LogP) is 5.98. The van der Waals surface area contributed by atoms with Crippen molar-refractivity contribution in [3.05, 3.63) is 94.0 Å². The molecule has 4 rings (SSSR count). The van der Waals surface area contributed by atoms with Gasteiger partial charge in [-0.1, -0.05) is 24.3 Å². The summed E-state index contributed by atoms with van der Waals surface area (Å²) in [6.07, 6.45) is 0.848. The monoisotopic (exact) mass is 434 g/mol. The molecule has 0 aliphatic carbocycles. The molecule has 2 aromatic heterocycles. The molecule has 0 saturated carbocycles. The lowest BCUT2D eigenvalue weighted by atomic mass is 10.1. The molecule has 0 atom stereocenters. The van der Waals surface area contributed by atoms with Crippen molar-refractivity contribution < 1.29 is 9.21 Å². The van der Waals surface area contributed by atoms with E-state index < -0.39 is 0 Å². The smallest absolute Gasteiger partial charge is 0.251 e. The lowest BCUT2D eigenvalue weighted by Crippen LogP contribution is -2.25. The first-order valence-corrected chi connectivity index (χ1v) is 11.6. The van der Waals surface area contributed by atoms with Crippen LogP contribution >= 0.6 is 23.1 Å². The van der Waals surface area contributed by atoms with Gasteiger partial charge in [-0.05, 0) is 61.2 Å². The number of carbonyl (C=O) groups is 1. The Morgan fingerprint density at radius 3 is 2.60 bits per heavy atom. The molecule has 2 heterocycles. The number of hydrogen-bond acceptors (Lipinski definition) is 5. The van der Waals surface area contributed by atoms with Gasteiger partial charge in [-0.3, -0.25) is 4.79 Å². The van der Waals surface area contributed by atoms with E-state index in [4.69, 9.17) is 4.42 Å². The maximum Gasteiger partial charge on any atom is 0.251 e. The van der Waals surface area contributed by atoms with Gasteiger partial charge in [0.25, 0.3) is 5.91 Å². The van der Waals surface area contributed by atoms with Gasteiger partial charge in [-0.25, -0.2) is 4.98 Å². The first-order chi connectivity index (χ1) is 14.7. The van der Waals surface area contributed by atoms with E-state index in [1.807, 2.05) is 60.8 Å². The number of aromatic nitrogens is 1. The van der Waals surface area contributed by atoms with Crippen LogP contribution in [0.25, 0.3) is 11.5 Å². The first kappa shape index (κ1) is 20.4. The highest BCUT2D eigenvalue weighted by atomic mass is 32.2. The molecule has 4 aromatic rings. The van der Waals surface area contributed by atoms with E-state index in [9.17, 15) is 4.79 Å². The zero-order valence-corrected chi connectivity index (χ0v) is 18.3. The van der Waals surface area contributed by atoms with Crippen LogP contribution in [-0.4, -0.2) is 17.4 Å². The van der Waals surface area contributed by atoms with Crippen LogP contribution in [0.4, 0.5) is 0 Å². The zero-order chi connectivity index (χ0) is 20.8. The number of nitrogens with one attached hydrogen (secondary N) is 1. The van der Waals surface area contributed by atoms with E-state index in [0.29, 0.717) is 18.0 Å². The van der Waals surface area contributed by atoms with Gasteiger partial charge in [-0.15, -0.1) is 23.1 Å². The Labute approximate surface area is 184 Å². The Morgan fingerprint density at radius 2 is 1.87 bits per heavy atom. The molecule has 1 N–H and O–H groups in total. The summed E-state index contributed by atoms with van der Waals surface area (Å²) < 4.78 is 5.87. The van der Waals surface area contributed by atoms with Gasteiger partial charge >= 0.3 is 0 Å². The Balaban J connectivity index is 1.35. The van der Waals surface area contributed by atoms with Crippen molar-refractivity contribution in [1.82, 2.24) is 10.3 Å². The third kappa shape index (κ3) is 5.20. The second-order valence-electron chi connectivity index (χ2n) is 6.79. The van der Waals surface area contributed by atoms with E-state index in [-0.39, 0.29) is 5.91 Å². The lowest BCUT2D eigenvalue weighted by molar-refractivity contribution is 0.0954. The van der Waals surface area contributed by atoms with Crippen molar-refractivity contribution in [3.8, 4) is 11.5 Å². The van der Waals surface area contributed by atoms with Crippen molar-refractivity contribution in [3.63, 3.8) is 0 Å². The number of amides is 1. The Kier molecular flexibility index (Phi) is 6.67. The molecule has 0 aliphatic rings. The van der Waals surface area contributed by atoms with Crippen molar-refractivity contribution >= 4 is 29.0 Å². The van der Waals surface area contributed by atoms with Crippen LogP contribution < -0.4 is 5.32 Å². The molecule has 0 fully saturated rings. The second kappa shape index (κ2) is 9.78. The highest BCUT2D eigenvalue weighted by molar-refractivity contribution is 7.98. The van der Waals surface area contributed by atoms with Crippen LogP contribution in [0.5, 0.6) is 0 Å². The van der Waals surface area contributed by atoms with Crippen LogP contribution in [-0.2, 0) is 12.2 Å².